The lowest BCUT2D eigenvalue weighted by molar-refractivity contribution is -0.196. The first kappa shape index (κ1) is 9.44. The van der Waals surface area contributed by atoms with E-state index in [1.165, 1.54) is 0 Å². The molecular weight excluding hydrogens is 168 g/mol. The molecule has 3 nitrogen and oxygen atoms in total. The van der Waals surface area contributed by atoms with Gasteiger partial charge in [-0.15, -0.1) is 0 Å². The van der Waals surface area contributed by atoms with E-state index in [2.05, 4.69) is 6.92 Å². The Morgan fingerprint density at radius 1 is 1.23 bits per heavy atom. The number of fused-ring (bicyclic) bond motifs is 1. The fourth-order valence-electron chi connectivity index (χ4n) is 2.86. The third-order valence-corrected chi connectivity index (χ3v) is 3.81. The highest BCUT2D eigenvalue weighted by Crippen LogP contribution is 2.45. The lowest BCUT2D eigenvalue weighted by atomic mass is 9.80. The average molecular weight is 186 g/mol. The summed E-state index contributed by atoms with van der Waals surface area (Å²) >= 11 is 0. The molecule has 6 unspecified atom stereocenters. The van der Waals surface area contributed by atoms with Crippen molar-refractivity contribution in [2.45, 2.75) is 32.7 Å². The van der Waals surface area contributed by atoms with Crippen molar-refractivity contribution in [3.05, 3.63) is 0 Å². The van der Waals surface area contributed by atoms with Gasteiger partial charge in [0.25, 0.3) is 0 Å². The van der Waals surface area contributed by atoms with Gasteiger partial charge in [-0.25, -0.2) is 0 Å². The number of aliphatic hydroxyl groups is 2. The molecule has 1 saturated heterocycles. The van der Waals surface area contributed by atoms with Crippen molar-refractivity contribution in [1.29, 1.82) is 0 Å². The molecule has 3 heteroatoms. The zero-order chi connectivity index (χ0) is 9.59. The van der Waals surface area contributed by atoms with E-state index in [9.17, 15) is 10.2 Å². The van der Waals surface area contributed by atoms with Crippen LogP contribution in [0.5, 0.6) is 0 Å². The second-order valence-electron chi connectivity index (χ2n) is 4.60. The van der Waals surface area contributed by atoms with Gasteiger partial charge in [0.1, 0.15) is 0 Å². The molecule has 13 heavy (non-hydrogen) atoms. The molecule has 0 radical (unpaired) electrons. The van der Waals surface area contributed by atoms with Crippen LogP contribution in [0, 0.1) is 23.7 Å². The normalized spacial score (nSPS) is 56.3. The zero-order valence-corrected chi connectivity index (χ0v) is 8.18. The summed E-state index contributed by atoms with van der Waals surface area (Å²) in [5, 5.41) is 19.3. The highest BCUT2D eigenvalue weighted by atomic mass is 16.6. The second kappa shape index (κ2) is 3.23. The third kappa shape index (κ3) is 1.39. The molecular formula is C10H18O3. The first-order valence-electron chi connectivity index (χ1n) is 5.09. The molecule has 2 aliphatic rings. The van der Waals surface area contributed by atoms with E-state index in [1.54, 1.807) is 0 Å². The molecule has 2 rings (SSSR count). The van der Waals surface area contributed by atoms with Gasteiger partial charge in [-0.2, -0.15) is 0 Å². The first-order chi connectivity index (χ1) is 6.11. The van der Waals surface area contributed by atoms with Gasteiger partial charge in [0, 0.05) is 5.92 Å². The molecule has 0 aromatic heterocycles. The maximum atomic E-state index is 9.70. The summed E-state index contributed by atoms with van der Waals surface area (Å²) < 4.78 is 5.27. The van der Waals surface area contributed by atoms with E-state index in [0.29, 0.717) is 18.4 Å². The Hall–Kier alpha value is -0.120. The van der Waals surface area contributed by atoms with Gasteiger partial charge in [0.15, 0.2) is 6.29 Å². The maximum Gasteiger partial charge on any atom is 0.157 e. The van der Waals surface area contributed by atoms with Crippen molar-refractivity contribution in [2.24, 2.45) is 23.7 Å². The lowest BCUT2D eigenvalue weighted by Crippen LogP contribution is -2.40. The van der Waals surface area contributed by atoms with E-state index in [-0.39, 0.29) is 17.9 Å². The summed E-state index contributed by atoms with van der Waals surface area (Å²) in [7, 11) is 0. The molecule has 1 heterocycles. The number of ether oxygens (including phenoxy) is 1. The summed E-state index contributed by atoms with van der Waals surface area (Å²) in [6.07, 6.45) is -0.0879. The van der Waals surface area contributed by atoms with Crippen molar-refractivity contribution in [3.8, 4) is 0 Å². The summed E-state index contributed by atoms with van der Waals surface area (Å²) in [4.78, 5) is 0. The van der Waals surface area contributed by atoms with Crippen LogP contribution in [0.3, 0.4) is 0 Å². The number of hydrogen-bond donors (Lipinski definition) is 2. The standard InChI is InChI=1S/C10H18O3/c1-5-4-13-10(12)9-6(2)8(11)3-7(5)9/h5-12H,3-4H2,1-2H3. The fraction of sp³-hybridized carbons (Fsp3) is 1.00. The Morgan fingerprint density at radius 2 is 1.92 bits per heavy atom. The molecule has 0 spiro atoms. The second-order valence-corrected chi connectivity index (χ2v) is 4.60. The highest BCUT2D eigenvalue weighted by molar-refractivity contribution is 4.94. The summed E-state index contributed by atoms with van der Waals surface area (Å²) in [6.45, 7) is 4.76. The average Bonchev–Trinajstić information content (AvgIpc) is 2.38. The highest BCUT2D eigenvalue weighted by Gasteiger charge is 2.48. The smallest absolute Gasteiger partial charge is 0.157 e. The largest absolute Gasteiger partial charge is 0.393 e. The molecule has 0 amide bonds. The topological polar surface area (TPSA) is 49.7 Å². The number of aliphatic hydroxyl groups excluding tert-OH is 2. The van der Waals surface area contributed by atoms with E-state index >= 15 is 0 Å². The van der Waals surface area contributed by atoms with Crippen molar-refractivity contribution in [1.82, 2.24) is 0 Å². The molecule has 0 bridgehead atoms. The molecule has 2 fully saturated rings. The minimum Gasteiger partial charge on any atom is -0.393 e. The molecule has 1 aliphatic carbocycles. The van der Waals surface area contributed by atoms with Crippen LogP contribution in [0.1, 0.15) is 20.3 Å². The summed E-state index contributed by atoms with van der Waals surface area (Å²) in [6, 6.07) is 0. The van der Waals surface area contributed by atoms with E-state index in [1.807, 2.05) is 6.92 Å². The van der Waals surface area contributed by atoms with Gasteiger partial charge in [-0.05, 0) is 24.2 Å². The van der Waals surface area contributed by atoms with Crippen molar-refractivity contribution in [2.75, 3.05) is 6.61 Å². The van der Waals surface area contributed by atoms with Gasteiger partial charge >= 0.3 is 0 Å². The van der Waals surface area contributed by atoms with Crippen LogP contribution in [0.4, 0.5) is 0 Å². The zero-order valence-electron chi connectivity index (χ0n) is 8.18. The Morgan fingerprint density at radius 3 is 2.54 bits per heavy atom. The fourth-order valence-corrected chi connectivity index (χ4v) is 2.86. The SMILES string of the molecule is CC1COC(O)C2C(C)C(O)CC12. The summed E-state index contributed by atoms with van der Waals surface area (Å²) in [5.74, 6) is 1.21. The Balaban J connectivity index is 2.17. The third-order valence-electron chi connectivity index (χ3n) is 3.81. The number of rotatable bonds is 0. The lowest BCUT2D eigenvalue weighted by Gasteiger charge is -2.36. The molecule has 1 aliphatic heterocycles. The van der Waals surface area contributed by atoms with E-state index in [0.717, 1.165) is 6.42 Å². The molecule has 6 atom stereocenters. The quantitative estimate of drug-likeness (QED) is 0.582. The van der Waals surface area contributed by atoms with Gasteiger partial charge in [-0.1, -0.05) is 13.8 Å². The molecule has 0 aromatic rings. The van der Waals surface area contributed by atoms with Crippen LogP contribution < -0.4 is 0 Å². The van der Waals surface area contributed by atoms with Crippen LogP contribution in [0.2, 0.25) is 0 Å². The van der Waals surface area contributed by atoms with Crippen LogP contribution in [0.15, 0.2) is 0 Å². The minimum absolute atomic E-state index is 0.138. The Labute approximate surface area is 78.7 Å². The monoisotopic (exact) mass is 186 g/mol. The van der Waals surface area contributed by atoms with Crippen LogP contribution in [-0.4, -0.2) is 29.2 Å². The van der Waals surface area contributed by atoms with E-state index < -0.39 is 6.29 Å². The predicted molar refractivity (Wildman–Crippen MR) is 47.9 cm³/mol. The van der Waals surface area contributed by atoms with Crippen molar-refractivity contribution < 1.29 is 14.9 Å². The predicted octanol–water partition coefficient (Wildman–Crippen LogP) is 0.604. The molecule has 76 valence electrons. The van der Waals surface area contributed by atoms with Gasteiger partial charge in [-0.3, -0.25) is 0 Å². The van der Waals surface area contributed by atoms with E-state index in [4.69, 9.17) is 4.74 Å². The van der Waals surface area contributed by atoms with Crippen molar-refractivity contribution >= 4 is 0 Å². The van der Waals surface area contributed by atoms with Crippen LogP contribution in [0.25, 0.3) is 0 Å². The Bertz CT molecular complexity index is 195. The van der Waals surface area contributed by atoms with Crippen LogP contribution >= 0.6 is 0 Å². The molecule has 1 saturated carbocycles. The minimum atomic E-state index is -0.659. The molecule has 0 aromatic carbocycles. The first-order valence-corrected chi connectivity index (χ1v) is 5.09. The summed E-state index contributed by atoms with van der Waals surface area (Å²) in [5.41, 5.74) is 0. The maximum absolute atomic E-state index is 9.70. The van der Waals surface area contributed by atoms with Crippen LogP contribution in [-0.2, 0) is 4.74 Å². The number of hydrogen-bond acceptors (Lipinski definition) is 3. The van der Waals surface area contributed by atoms with Gasteiger partial charge < -0.3 is 14.9 Å². The van der Waals surface area contributed by atoms with Gasteiger partial charge in [0.2, 0.25) is 0 Å². The Kier molecular flexibility index (Phi) is 2.34. The van der Waals surface area contributed by atoms with Gasteiger partial charge in [0.05, 0.1) is 12.7 Å². The van der Waals surface area contributed by atoms with Crippen molar-refractivity contribution in [3.63, 3.8) is 0 Å². The molecule has 2 N–H and O–H groups in total.